The number of likely N-dealkylation sites (N-methyl/N-ethyl adjacent to an activating group) is 1. The number of carboxylic acids is 1. The van der Waals surface area contributed by atoms with Crippen molar-refractivity contribution in [2.24, 2.45) is 7.05 Å². The molecule has 0 radical (unpaired) electrons. The molecule has 8 heteroatoms. The first-order valence-corrected chi connectivity index (χ1v) is 4.82. The third-order valence-electron chi connectivity index (χ3n) is 2.74. The molecule has 0 amide bonds. The molecule has 0 saturated carbocycles. The van der Waals surface area contributed by atoms with Crippen LogP contribution in [-0.2, 0) is 11.8 Å². The number of hydrogen-bond acceptors (Lipinski definition) is 5. The Balaban J connectivity index is 3.29. The number of nitro groups is 1. The smallest absolute Gasteiger partial charge is 0.406 e. The minimum absolute atomic E-state index is 0.155. The molecule has 1 N–H and O–H groups in total. The number of aliphatic carboxylic acids is 1. The largest absolute Gasteiger partial charge is 0.480 e. The first-order valence-electron chi connectivity index (χ1n) is 4.82. The zero-order valence-corrected chi connectivity index (χ0v) is 10.0. The normalized spacial score (nSPS) is 11.3. The third kappa shape index (κ3) is 2.05. The first kappa shape index (κ1) is 12.9. The molecule has 0 aromatic carbocycles. The van der Waals surface area contributed by atoms with Crippen molar-refractivity contribution in [2.45, 2.75) is 19.4 Å². The fourth-order valence-corrected chi connectivity index (χ4v) is 1.34. The zero-order valence-electron chi connectivity index (χ0n) is 10.0. The number of nitrogens with zero attached hydrogens (tertiary/aromatic N) is 4. The number of hydrogen-bond donors (Lipinski definition) is 1. The van der Waals surface area contributed by atoms with E-state index >= 15 is 0 Å². The molecule has 0 fully saturated rings. The summed E-state index contributed by atoms with van der Waals surface area (Å²) in [6.45, 7) is 2.93. The Hall–Kier alpha value is -2.12. The van der Waals surface area contributed by atoms with Gasteiger partial charge in [-0.2, -0.15) is 0 Å². The molecule has 1 aromatic heterocycles. The minimum atomic E-state index is -1.27. The van der Waals surface area contributed by atoms with Gasteiger partial charge >= 0.3 is 11.8 Å². The molecule has 0 aliphatic rings. The van der Waals surface area contributed by atoms with Gasteiger partial charge in [-0.25, -0.2) is 4.79 Å². The molecule has 0 saturated heterocycles. The van der Waals surface area contributed by atoms with Gasteiger partial charge < -0.3 is 20.1 Å². The van der Waals surface area contributed by atoms with Gasteiger partial charge in [0.25, 0.3) is 0 Å². The Morgan fingerprint density at radius 3 is 2.59 bits per heavy atom. The Bertz CT molecular complexity index is 466. The maximum absolute atomic E-state index is 11.1. The second-order valence-electron chi connectivity index (χ2n) is 4.18. The third-order valence-corrected chi connectivity index (χ3v) is 2.74. The summed E-state index contributed by atoms with van der Waals surface area (Å²) in [6.07, 6.45) is 1.28. The maximum Gasteiger partial charge on any atom is 0.406 e. The van der Waals surface area contributed by atoms with Gasteiger partial charge in [-0.1, -0.05) is 0 Å². The predicted molar refractivity (Wildman–Crippen MR) is 60.0 cm³/mol. The molecule has 0 aliphatic carbocycles. The van der Waals surface area contributed by atoms with Crippen LogP contribution in [0.5, 0.6) is 0 Å². The predicted octanol–water partition coefficient (Wildman–Crippen LogP) is 0.628. The van der Waals surface area contributed by atoms with Crippen molar-refractivity contribution in [3.63, 3.8) is 0 Å². The lowest BCUT2D eigenvalue weighted by Gasteiger charge is -2.32. The summed E-state index contributed by atoms with van der Waals surface area (Å²) in [7, 11) is 3.06. The summed E-state index contributed by atoms with van der Waals surface area (Å²) >= 11 is 0. The number of rotatable bonds is 4. The van der Waals surface area contributed by atoms with Crippen LogP contribution in [0.2, 0.25) is 0 Å². The maximum atomic E-state index is 11.1. The van der Waals surface area contributed by atoms with E-state index < -0.39 is 16.4 Å². The van der Waals surface area contributed by atoms with Gasteiger partial charge in [0.15, 0.2) is 0 Å². The van der Waals surface area contributed by atoms with Crippen LogP contribution in [0.4, 0.5) is 11.6 Å². The van der Waals surface area contributed by atoms with Crippen molar-refractivity contribution >= 4 is 17.6 Å². The van der Waals surface area contributed by atoms with Gasteiger partial charge in [0.1, 0.15) is 5.54 Å². The fraction of sp³-hybridized carbons (Fsp3) is 0.556. The number of carbonyl (C=O) groups is 1. The lowest BCUT2D eigenvalue weighted by atomic mass is 10.0. The molecule has 94 valence electrons. The zero-order chi connectivity index (χ0) is 13.4. The van der Waals surface area contributed by atoms with Gasteiger partial charge in [0.2, 0.25) is 12.1 Å². The van der Waals surface area contributed by atoms with E-state index in [-0.39, 0.29) is 11.6 Å². The van der Waals surface area contributed by atoms with Crippen LogP contribution < -0.4 is 4.90 Å². The molecule has 0 aliphatic heterocycles. The number of carboxylic acid groups (broad SMARTS) is 1. The van der Waals surface area contributed by atoms with Crippen LogP contribution in [0.15, 0.2) is 6.33 Å². The summed E-state index contributed by atoms with van der Waals surface area (Å²) in [5.41, 5.74) is -1.27. The Morgan fingerprint density at radius 2 is 2.18 bits per heavy atom. The molecule has 0 spiro atoms. The molecule has 0 unspecified atom stereocenters. The van der Waals surface area contributed by atoms with Crippen LogP contribution in [0.1, 0.15) is 13.8 Å². The van der Waals surface area contributed by atoms with E-state index in [4.69, 9.17) is 5.11 Å². The highest BCUT2D eigenvalue weighted by Gasteiger charge is 2.37. The second kappa shape index (κ2) is 4.04. The molecular formula is C9H14N4O4. The van der Waals surface area contributed by atoms with E-state index in [2.05, 4.69) is 4.98 Å². The van der Waals surface area contributed by atoms with E-state index in [9.17, 15) is 14.9 Å². The number of aromatic nitrogens is 2. The average molecular weight is 242 g/mol. The summed E-state index contributed by atoms with van der Waals surface area (Å²) in [6, 6.07) is 0. The SMILES string of the molecule is CN(c1c([N+](=O)[O-])ncn1C)C(C)(C)C(=O)O. The molecule has 0 bridgehead atoms. The fourth-order valence-electron chi connectivity index (χ4n) is 1.34. The van der Waals surface area contributed by atoms with E-state index in [1.165, 1.54) is 36.7 Å². The summed E-state index contributed by atoms with van der Waals surface area (Å²) in [4.78, 5) is 26.2. The minimum Gasteiger partial charge on any atom is -0.480 e. The highest BCUT2D eigenvalue weighted by atomic mass is 16.6. The van der Waals surface area contributed by atoms with E-state index in [0.29, 0.717) is 0 Å². The Kier molecular flexibility index (Phi) is 3.08. The van der Waals surface area contributed by atoms with Crippen LogP contribution in [0, 0.1) is 10.1 Å². The first-order chi connectivity index (χ1) is 7.69. The van der Waals surface area contributed by atoms with Crippen LogP contribution >= 0.6 is 0 Å². The highest BCUT2D eigenvalue weighted by Crippen LogP contribution is 2.30. The van der Waals surface area contributed by atoms with Gasteiger partial charge in [-0.3, -0.25) is 4.57 Å². The Morgan fingerprint density at radius 1 is 1.65 bits per heavy atom. The lowest BCUT2D eigenvalue weighted by molar-refractivity contribution is -0.388. The van der Waals surface area contributed by atoms with E-state index in [1.54, 1.807) is 7.05 Å². The van der Waals surface area contributed by atoms with Crippen molar-refractivity contribution in [2.75, 3.05) is 11.9 Å². The van der Waals surface area contributed by atoms with Crippen molar-refractivity contribution in [3.05, 3.63) is 16.4 Å². The molecule has 0 atom stereocenters. The molecule has 8 nitrogen and oxygen atoms in total. The molecule has 17 heavy (non-hydrogen) atoms. The number of aryl methyl sites for hydroxylation is 1. The van der Waals surface area contributed by atoms with Crippen LogP contribution in [0.25, 0.3) is 0 Å². The van der Waals surface area contributed by atoms with Crippen molar-refractivity contribution in [1.82, 2.24) is 9.55 Å². The lowest BCUT2D eigenvalue weighted by Crippen LogP contribution is -2.49. The van der Waals surface area contributed by atoms with Crippen molar-refractivity contribution < 1.29 is 14.8 Å². The molecule has 1 rings (SSSR count). The summed E-state index contributed by atoms with van der Waals surface area (Å²) in [5, 5.41) is 19.9. The second-order valence-corrected chi connectivity index (χ2v) is 4.18. The summed E-state index contributed by atoms with van der Waals surface area (Å²) < 4.78 is 1.42. The Labute approximate surface area is 97.6 Å². The van der Waals surface area contributed by atoms with Crippen LogP contribution in [0.3, 0.4) is 0 Å². The van der Waals surface area contributed by atoms with E-state index in [0.717, 1.165) is 0 Å². The monoisotopic (exact) mass is 242 g/mol. The summed E-state index contributed by atoms with van der Waals surface area (Å²) in [5.74, 6) is -1.28. The molecular weight excluding hydrogens is 228 g/mol. The highest BCUT2D eigenvalue weighted by molar-refractivity contribution is 5.82. The van der Waals surface area contributed by atoms with Crippen LogP contribution in [-0.4, -0.2) is 38.1 Å². The van der Waals surface area contributed by atoms with E-state index in [1.807, 2.05) is 0 Å². The van der Waals surface area contributed by atoms with Crippen molar-refractivity contribution in [1.29, 1.82) is 0 Å². The standard InChI is InChI=1S/C9H14N4O4/c1-9(2,8(14)15)12(4)7-6(13(16)17)10-5-11(7)3/h5H,1-4H3,(H,14,15). The average Bonchev–Trinajstić information content (AvgIpc) is 2.58. The van der Waals surface area contributed by atoms with Crippen molar-refractivity contribution in [3.8, 4) is 0 Å². The number of anilines is 1. The molecule has 1 aromatic rings. The van der Waals surface area contributed by atoms with Gasteiger partial charge in [0.05, 0.1) is 0 Å². The van der Waals surface area contributed by atoms with Gasteiger partial charge in [-0.05, 0) is 23.8 Å². The van der Waals surface area contributed by atoms with Gasteiger partial charge in [-0.15, -0.1) is 0 Å². The topological polar surface area (TPSA) is 101 Å². The van der Waals surface area contributed by atoms with Gasteiger partial charge in [0, 0.05) is 14.1 Å². The number of imidazole rings is 1. The molecule has 1 heterocycles. The quantitative estimate of drug-likeness (QED) is 0.613.